The third-order valence-corrected chi connectivity index (χ3v) is 5.81. The molecule has 1 aromatic carbocycles. The van der Waals surface area contributed by atoms with Crippen LogP contribution in [0.5, 0.6) is 0 Å². The number of amides is 2. The van der Waals surface area contributed by atoms with E-state index >= 15 is 0 Å². The number of nitrogens with one attached hydrogen (secondary N) is 2. The summed E-state index contributed by atoms with van der Waals surface area (Å²) >= 11 is 0. The predicted molar refractivity (Wildman–Crippen MR) is 122 cm³/mol. The molecule has 0 bridgehead atoms. The third kappa shape index (κ3) is 4.81. The Balaban J connectivity index is 1.14. The van der Waals surface area contributed by atoms with Crippen LogP contribution in [-0.4, -0.2) is 38.4 Å². The number of carbonyl (C=O) groups excluding carboxylic acids is 1. The van der Waals surface area contributed by atoms with Crippen molar-refractivity contribution in [3.63, 3.8) is 0 Å². The molecule has 5 rings (SSSR count). The molecule has 1 fully saturated rings. The van der Waals surface area contributed by atoms with Crippen LogP contribution >= 0.6 is 0 Å². The number of carbonyl (C=O) groups is 1. The Morgan fingerprint density at radius 3 is 2.78 bits per heavy atom. The van der Waals surface area contributed by atoms with Gasteiger partial charge in [-0.3, -0.25) is 4.68 Å². The number of fused-ring (bicyclic) bond motifs is 1. The summed E-state index contributed by atoms with van der Waals surface area (Å²) in [6, 6.07) is 11.5. The van der Waals surface area contributed by atoms with Gasteiger partial charge in [-0.25, -0.2) is 9.78 Å². The van der Waals surface area contributed by atoms with E-state index in [0.717, 1.165) is 60.6 Å². The topological polar surface area (TPSA) is 85.5 Å². The molecule has 8 nitrogen and oxygen atoms in total. The first-order valence-corrected chi connectivity index (χ1v) is 10.9. The van der Waals surface area contributed by atoms with Crippen LogP contribution < -0.4 is 10.6 Å². The molecule has 8 heteroatoms. The lowest BCUT2D eigenvalue weighted by molar-refractivity contribution is 0.0601. The Kier molecular flexibility index (Phi) is 5.85. The van der Waals surface area contributed by atoms with Crippen LogP contribution in [0, 0.1) is 5.92 Å². The first-order valence-electron chi connectivity index (χ1n) is 10.9. The van der Waals surface area contributed by atoms with E-state index < -0.39 is 0 Å². The minimum atomic E-state index is -0.245. The zero-order valence-corrected chi connectivity index (χ0v) is 17.8. The maximum atomic E-state index is 12.3. The highest BCUT2D eigenvalue weighted by Crippen LogP contribution is 2.22. The molecule has 0 unspecified atom stereocenters. The number of imidazole rings is 1. The number of urea groups is 1. The molecular formula is C24H26N6O2. The van der Waals surface area contributed by atoms with Gasteiger partial charge in [0.1, 0.15) is 5.65 Å². The van der Waals surface area contributed by atoms with E-state index in [9.17, 15) is 4.79 Å². The molecule has 1 aliphatic rings. The van der Waals surface area contributed by atoms with Crippen molar-refractivity contribution in [2.75, 3.05) is 18.5 Å². The van der Waals surface area contributed by atoms with Gasteiger partial charge < -0.3 is 19.8 Å². The van der Waals surface area contributed by atoms with E-state index in [4.69, 9.17) is 4.74 Å². The zero-order valence-electron chi connectivity index (χ0n) is 17.8. The summed E-state index contributed by atoms with van der Waals surface area (Å²) in [5, 5.41) is 10.3. The fourth-order valence-corrected chi connectivity index (χ4v) is 3.97. The van der Waals surface area contributed by atoms with Gasteiger partial charge in [-0.05, 0) is 54.2 Å². The Hall–Kier alpha value is -3.65. The number of rotatable bonds is 6. The molecule has 0 spiro atoms. The van der Waals surface area contributed by atoms with Crippen molar-refractivity contribution in [1.82, 2.24) is 24.5 Å². The molecule has 3 aromatic heterocycles. The standard InChI is InChI=1S/C24H26N6O2/c31-24(26-14-19-5-9-29-10-8-25-23(29)13-19)28-22-3-1-20(2-4-22)21-15-27-30(17-21)16-18-6-11-32-12-7-18/h1-5,8-10,13,15,17-18H,6-7,11-12,14,16H2,(H2,26,28,31). The Morgan fingerprint density at radius 1 is 1.09 bits per heavy atom. The summed E-state index contributed by atoms with van der Waals surface area (Å²) in [6.07, 6.45) is 11.7. The van der Waals surface area contributed by atoms with Crippen molar-refractivity contribution in [1.29, 1.82) is 0 Å². The van der Waals surface area contributed by atoms with Crippen LogP contribution in [0.2, 0.25) is 0 Å². The number of hydrogen-bond acceptors (Lipinski definition) is 4. The maximum Gasteiger partial charge on any atom is 0.319 e. The second kappa shape index (κ2) is 9.23. The monoisotopic (exact) mass is 430 g/mol. The average Bonchev–Trinajstić information content (AvgIpc) is 3.48. The number of aromatic nitrogens is 4. The molecule has 164 valence electrons. The lowest BCUT2D eigenvalue weighted by Crippen LogP contribution is -2.28. The lowest BCUT2D eigenvalue weighted by atomic mass is 10.0. The van der Waals surface area contributed by atoms with E-state index in [1.165, 1.54) is 0 Å². The molecule has 1 saturated heterocycles. The Bertz CT molecular complexity index is 1190. The highest BCUT2D eigenvalue weighted by molar-refractivity contribution is 5.89. The minimum Gasteiger partial charge on any atom is -0.381 e. The van der Waals surface area contributed by atoms with Gasteiger partial charge in [-0.15, -0.1) is 0 Å². The zero-order chi connectivity index (χ0) is 21.8. The van der Waals surface area contributed by atoms with E-state index in [1.807, 2.05) is 64.1 Å². The quantitative estimate of drug-likeness (QED) is 0.485. The fraction of sp³-hybridized carbons (Fsp3) is 0.292. The number of anilines is 1. The largest absolute Gasteiger partial charge is 0.381 e. The van der Waals surface area contributed by atoms with Crippen LogP contribution in [0.3, 0.4) is 0 Å². The molecular weight excluding hydrogens is 404 g/mol. The lowest BCUT2D eigenvalue weighted by Gasteiger charge is -2.21. The van der Waals surface area contributed by atoms with E-state index in [-0.39, 0.29) is 6.03 Å². The fourth-order valence-electron chi connectivity index (χ4n) is 3.97. The van der Waals surface area contributed by atoms with Gasteiger partial charge >= 0.3 is 6.03 Å². The number of hydrogen-bond donors (Lipinski definition) is 2. The first kappa shape index (κ1) is 20.3. The Morgan fingerprint density at radius 2 is 1.94 bits per heavy atom. The number of ether oxygens (including phenoxy) is 1. The van der Waals surface area contributed by atoms with Gasteiger partial charge in [0.05, 0.1) is 6.20 Å². The molecule has 0 saturated carbocycles. The van der Waals surface area contributed by atoms with Crippen molar-refractivity contribution in [3.05, 3.63) is 72.9 Å². The predicted octanol–water partition coefficient (Wildman–Crippen LogP) is 3.95. The highest BCUT2D eigenvalue weighted by atomic mass is 16.5. The van der Waals surface area contributed by atoms with Crippen molar-refractivity contribution < 1.29 is 9.53 Å². The molecule has 2 amide bonds. The van der Waals surface area contributed by atoms with Gasteiger partial charge in [0, 0.05) is 62.3 Å². The molecule has 0 radical (unpaired) electrons. The Labute approximate surface area is 186 Å². The van der Waals surface area contributed by atoms with Gasteiger partial charge in [-0.1, -0.05) is 12.1 Å². The molecule has 1 aliphatic heterocycles. The van der Waals surface area contributed by atoms with Crippen LogP contribution in [0.15, 0.2) is 67.4 Å². The van der Waals surface area contributed by atoms with E-state index in [0.29, 0.717) is 12.5 Å². The molecule has 2 N–H and O–H groups in total. The summed E-state index contributed by atoms with van der Waals surface area (Å²) in [6.45, 7) is 3.05. The first-order chi connectivity index (χ1) is 15.7. The summed E-state index contributed by atoms with van der Waals surface area (Å²) in [4.78, 5) is 16.5. The van der Waals surface area contributed by atoms with Crippen LogP contribution in [0.1, 0.15) is 18.4 Å². The molecule has 32 heavy (non-hydrogen) atoms. The molecule has 4 aromatic rings. The number of nitrogens with zero attached hydrogens (tertiary/aromatic N) is 4. The van der Waals surface area contributed by atoms with Crippen LogP contribution in [0.25, 0.3) is 16.8 Å². The number of pyridine rings is 1. The number of benzene rings is 1. The van der Waals surface area contributed by atoms with Gasteiger partial charge in [0.25, 0.3) is 0 Å². The van der Waals surface area contributed by atoms with Crippen molar-refractivity contribution in [3.8, 4) is 11.1 Å². The van der Waals surface area contributed by atoms with E-state index in [2.05, 4.69) is 26.9 Å². The van der Waals surface area contributed by atoms with Crippen molar-refractivity contribution >= 4 is 17.4 Å². The average molecular weight is 431 g/mol. The smallest absolute Gasteiger partial charge is 0.319 e. The minimum absolute atomic E-state index is 0.245. The summed E-state index contributed by atoms with van der Waals surface area (Å²) in [5.74, 6) is 0.628. The van der Waals surface area contributed by atoms with Crippen LogP contribution in [-0.2, 0) is 17.8 Å². The second-order valence-corrected chi connectivity index (χ2v) is 8.12. The normalized spacial score (nSPS) is 14.5. The van der Waals surface area contributed by atoms with E-state index in [1.54, 1.807) is 6.20 Å². The van der Waals surface area contributed by atoms with Gasteiger partial charge in [0.15, 0.2) is 0 Å². The van der Waals surface area contributed by atoms with Gasteiger partial charge in [0.2, 0.25) is 0 Å². The third-order valence-electron chi connectivity index (χ3n) is 5.81. The SMILES string of the molecule is O=C(NCc1ccn2ccnc2c1)Nc1ccc(-c2cnn(CC3CCOCC3)c2)cc1. The van der Waals surface area contributed by atoms with Crippen molar-refractivity contribution in [2.45, 2.75) is 25.9 Å². The second-order valence-electron chi connectivity index (χ2n) is 8.12. The van der Waals surface area contributed by atoms with Gasteiger partial charge in [-0.2, -0.15) is 5.10 Å². The molecule has 0 aliphatic carbocycles. The summed E-state index contributed by atoms with van der Waals surface area (Å²) in [5.41, 5.74) is 4.73. The van der Waals surface area contributed by atoms with Crippen molar-refractivity contribution in [2.24, 2.45) is 5.92 Å². The summed E-state index contributed by atoms with van der Waals surface area (Å²) in [7, 11) is 0. The van der Waals surface area contributed by atoms with Crippen LogP contribution in [0.4, 0.5) is 10.5 Å². The molecule has 0 atom stereocenters. The summed E-state index contributed by atoms with van der Waals surface area (Å²) < 4.78 is 9.38. The maximum absolute atomic E-state index is 12.3. The molecule has 4 heterocycles. The highest BCUT2D eigenvalue weighted by Gasteiger charge is 2.15.